The maximum Gasteiger partial charge on any atom is 0.193 e. The molecule has 1 aromatic heterocycles. The number of hydrogen-bond donors (Lipinski definition) is 1. The summed E-state index contributed by atoms with van der Waals surface area (Å²) < 4.78 is 13.0. The lowest BCUT2D eigenvalue weighted by atomic mass is 9.44. The molecule has 3 aliphatic carbocycles. The molecule has 1 N–H and O–H groups in total. The number of fused-ring (bicyclic) bond motifs is 9. The Kier molecular flexibility index (Phi) is 3.22. The molecule has 5 aliphatic rings. The Morgan fingerprint density at radius 1 is 1.06 bits per heavy atom. The van der Waals surface area contributed by atoms with Crippen molar-refractivity contribution in [3.8, 4) is 0 Å². The fourth-order valence-corrected chi connectivity index (χ4v) is 8.38. The third kappa shape index (κ3) is 1.95. The lowest BCUT2D eigenvalue weighted by Gasteiger charge is -2.61. The summed E-state index contributed by atoms with van der Waals surface area (Å²) in [5.41, 5.74) is 4.89. The van der Waals surface area contributed by atoms with Gasteiger partial charge < -0.3 is 14.5 Å². The van der Waals surface area contributed by atoms with E-state index < -0.39 is 17.5 Å². The molecule has 3 fully saturated rings. The number of H-pyrrole nitrogens is 1. The third-order valence-corrected chi connectivity index (χ3v) is 10.1. The SMILES string of the molecule is CC1(C)OC23CC[C@@]4(C)C(CCC5Cc6c([nH]c7ccccc67)[C@@]54C)C2=CC(=O)C1O3. The average Bonchev–Trinajstić information content (AvgIpc) is 3.31. The molecule has 2 aromatic rings. The Morgan fingerprint density at radius 3 is 2.71 bits per heavy atom. The van der Waals surface area contributed by atoms with Crippen molar-refractivity contribution in [1.82, 2.24) is 4.98 Å². The van der Waals surface area contributed by atoms with E-state index >= 15 is 0 Å². The molecule has 2 saturated carbocycles. The summed E-state index contributed by atoms with van der Waals surface area (Å²) in [6.45, 7) is 8.98. The van der Waals surface area contributed by atoms with Crippen LogP contribution in [-0.4, -0.2) is 28.3 Å². The van der Waals surface area contributed by atoms with E-state index in [9.17, 15) is 4.79 Å². The number of benzene rings is 1. The van der Waals surface area contributed by atoms with Gasteiger partial charge in [0.1, 0.15) is 5.60 Å². The lowest BCUT2D eigenvalue weighted by Crippen LogP contribution is -2.60. The number of ether oxygens (including phenoxy) is 2. The standard InChI is InChI=1S/C27H31NO3/c1-24(2)23-21(29)14-19-18-10-9-15-13-17-16-7-5-6-8-20(16)28-22(17)26(15,4)25(18,3)11-12-27(19,30-23)31-24/h5-8,14-15,18,23,28H,9-13H2,1-4H3/t15?,18?,23?,25-,26+,27?/m0/s1. The summed E-state index contributed by atoms with van der Waals surface area (Å²) in [6.07, 6.45) is 6.78. The molecular weight excluding hydrogens is 386 g/mol. The van der Waals surface area contributed by atoms with E-state index in [1.165, 1.54) is 28.6 Å². The number of para-hydroxylation sites is 1. The lowest BCUT2D eigenvalue weighted by molar-refractivity contribution is -0.205. The average molecular weight is 418 g/mol. The highest BCUT2D eigenvalue weighted by Gasteiger charge is 2.69. The highest BCUT2D eigenvalue weighted by atomic mass is 16.8. The minimum atomic E-state index is -0.697. The molecule has 7 rings (SSSR count). The first-order valence-corrected chi connectivity index (χ1v) is 11.9. The van der Waals surface area contributed by atoms with Crippen LogP contribution in [-0.2, 0) is 26.1 Å². The topological polar surface area (TPSA) is 51.3 Å². The van der Waals surface area contributed by atoms with Crippen LogP contribution in [0, 0.1) is 17.3 Å². The maximum absolute atomic E-state index is 13.0. The highest BCUT2D eigenvalue weighted by molar-refractivity contribution is 5.97. The van der Waals surface area contributed by atoms with Crippen LogP contribution >= 0.6 is 0 Å². The molecule has 3 heterocycles. The number of carbonyl (C=O) groups is 1. The largest absolute Gasteiger partial charge is 0.358 e. The summed E-state index contributed by atoms with van der Waals surface area (Å²) in [5, 5.41) is 1.39. The van der Waals surface area contributed by atoms with Crippen LogP contribution in [0.2, 0.25) is 0 Å². The van der Waals surface area contributed by atoms with Crippen molar-refractivity contribution in [3.05, 3.63) is 47.2 Å². The van der Waals surface area contributed by atoms with Crippen molar-refractivity contribution in [2.75, 3.05) is 0 Å². The Bertz CT molecular complexity index is 1190. The van der Waals surface area contributed by atoms with Crippen LogP contribution in [0.4, 0.5) is 0 Å². The maximum atomic E-state index is 13.0. The van der Waals surface area contributed by atoms with Gasteiger partial charge in [0.25, 0.3) is 0 Å². The first-order chi connectivity index (χ1) is 14.7. The normalized spacial score (nSPS) is 44.5. The second kappa shape index (κ2) is 5.35. The quantitative estimate of drug-likeness (QED) is 0.640. The Hall–Kier alpha value is -1.91. The van der Waals surface area contributed by atoms with E-state index in [0.717, 1.165) is 31.3 Å². The molecule has 4 unspecified atom stereocenters. The molecular formula is C27H31NO3. The second-order valence-corrected chi connectivity index (χ2v) is 11.6. The van der Waals surface area contributed by atoms with E-state index in [2.05, 4.69) is 43.1 Å². The van der Waals surface area contributed by atoms with Gasteiger partial charge in [0.2, 0.25) is 0 Å². The fraction of sp³-hybridized carbons (Fsp3) is 0.593. The molecule has 1 saturated heterocycles. The summed E-state index contributed by atoms with van der Waals surface area (Å²) in [6, 6.07) is 8.75. The molecule has 0 amide bonds. The molecule has 31 heavy (non-hydrogen) atoms. The van der Waals surface area contributed by atoms with Crippen LogP contribution in [0.3, 0.4) is 0 Å². The summed E-state index contributed by atoms with van der Waals surface area (Å²) in [5.74, 6) is 0.335. The van der Waals surface area contributed by atoms with Gasteiger partial charge in [-0.15, -0.1) is 0 Å². The molecule has 162 valence electrons. The van der Waals surface area contributed by atoms with Crippen molar-refractivity contribution >= 4 is 16.7 Å². The second-order valence-electron chi connectivity index (χ2n) is 11.6. The number of ketones is 1. The van der Waals surface area contributed by atoms with E-state index in [1.54, 1.807) is 0 Å². The number of rotatable bonds is 0. The number of carbonyl (C=O) groups excluding carboxylic acids is 1. The smallest absolute Gasteiger partial charge is 0.193 e. The minimum absolute atomic E-state index is 0.0563. The molecule has 0 radical (unpaired) electrons. The zero-order valence-electron chi connectivity index (χ0n) is 18.9. The van der Waals surface area contributed by atoms with Gasteiger partial charge in [0.05, 0.1) is 0 Å². The molecule has 6 atom stereocenters. The zero-order valence-corrected chi connectivity index (χ0v) is 18.9. The number of nitrogens with one attached hydrogen (secondary N) is 1. The molecule has 2 bridgehead atoms. The zero-order chi connectivity index (χ0) is 21.4. The first kappa shape index (κ1) is 18.6. The van der Waals surface area contributed by atoms with E-state index in [1.807, 2.05) is 19.9 Å². The molecule has 1 spiro atoms. The third-order valence-electron chi connectivity index (χ3n) is 10.1. The van der Waals surface area contributed by atoms with Crippen LogP contribution in [0.25, 0.3) is 10.9 Å². The molecule has 2 aliphatic heterocycles. The number of hydrogen-bond acceptors (Lipinski definition) is 3. The van der Waals surface area contributed by atoms with Crippen LogP contribution in [0.15, 0.2) is 35.9 Å². The Labute approximate surface area is 183 Å². The Morgan fingerprint density at radius 2 is 1.87 bits per heavy atom. The van der Waals surface area contributed by atoms with Crippen molar-refractivity contribution in [1.29, 1.82) is 0 Å². The van der Waals surface area contributed by atoms with Gasteiger partial charge in [-0.1, -0.05) is 32.0 Å². The molecule has 4 heteroatoms. The van der Waals surface area contributed by atoms with Gasteiger partial charge in [-0.25, -0.2) is 0 Å². The minimum Gasteiger partial charge on any atom is -0.358 e. The van der Waals surface area contributed by atoms with Gasteiger partial charge in [0, 0.05) is 28.4 Å². The number of aromatic amines is 1. The van der Waals surface area contributed by atoms with Gasteiger partial charge in [-0.3, -0.25) is 4.79 Å². The fourth-order valence-electron chi connectivity index (χ4n) is 8.38. The predicted octanol–water partition coefficient (Wildman–Crippen LogP) is 5.21. The Balaban J connectivity index is 1.39. The monoisotopic (exact) mass is 417 g/mol. The summed E-state index contributed by atoms with van der Waals surface area (Å²) in [4.78, 5) is 16.9. The summed E-state index contributed by atoms with van der Waals surface area (Å²) in [7, 11) is 0. The van der Waals surface area contributed by atoms with Crippen molar-refractivity contribution in [2.45, 2.75) is 82.7 Å². The number of aromatic nitrogens is 1. The van der Waals surface area contributed by atoms with Crippen LogP contribution in [0.5, 0.6) is 0 Å². The summed E-state index contributed by atoms with van der Waals surface area (Å²) >= 11 is 0. The van der Waals surface area contributed by atoms with Crippen molar-refractivity contribution < 1.29 is 14.3 Å². The van der Waals surface area contributed by atoms with Crippen molar-refractivity contribution in [3.63, 3.8) is 0 Å². The van der Waals surface area contributed by atoms with Gasteiger partial charge >= 0.3 is 0 Å². The molecule has 1 aromatic carbocycles. The molecule has 4 nitrogen and oxygen atoms in total. The van der Waals surface area contributed by atoms with Crippen LogP contribution < -0.4 is 0 Å². The van der Waals surface area contributed by atoms with Crippen LogP contribution in [0.1, 0.15) is 64.6 Å². The van der Waals surface area contributed by atoms with Gasteiger partial charge in [0.15, 0.2) is 17.7 Å². The first-order valence-electron chi connectivity index (χ1n) is 11.9. The van der Waals surface area contributed by atoms with E-state index in [0.29, 0.717) is 11.8 Å². The van der Waals surface area contributed by atoms with Crippen molar-refractivity contribution in [2.24, 2.45) is 17.3 Å². The van der Waals surface area contributed by atoms with E-state index in [4.69, 9.17) is 9.47 Å². The van der Waals surface area contributed by atoms with Gasteiger partial charge in [-0.2, -0.15) is 0 Å². The predicted molar refractivity (Wildman–Crippen MR) is 119 cm³/mol. The highest BCUT2D eigenvalue weighted by Crippen LogP contribution is 2.70. The van der Waals surface area contributed by atoms with Gasteiger partial charge in [-0.05, 0) is 80.1 Å². The van der Waals surface area contributed by atoms with E-state index in [-0.39, 0.29) is 16.6 Å².